The zero-order valence-corrected chi connectivity index (χ0v) is 13.9. The first-order valence-corrected chi connectivity index (χ1v) is 10.9. The van der Waals surface area contributed by atoms with Gasteiger partial charge < -0.3 is 0 Å². The first-order valence-electron chi connectivity index (χ1n) is 9.36. The van der Waals surface area contributed by atoms with Crippen LogP contribution in [0.3, 0.4) is 0 Å². The second kappa shape index (κ2) is 5.76. The van der Waals surface area contributed by atoms with Crippen LogP contribution in [0.25, 0.3) is 11.3 Å². The molecule has 0 unspecified atom stereocenters. The number of aromatic nitrogens is 1. The molecule has 3 rings (SSSR count). The van der Waals surface area contributed by atoms with E-state index in [-0.39, 0.29) is 0 Å². The van der Waals surface area contributed by atoms with Gasteiger partial charge >= 0.3 is 0 Å². The van der Waals surface area contributed by atoms with Gasteiger partial charge in [0.15, 0.2) is 0 Å². The SMILES string of the molecule is [2H]C([2H])([2H])[Si](C)(C)c1cnc(-c2ccccc2)cc1C1CCCC1. The summed E-state index contributed by atoms with van der Waals surface area (Å²) in [6.45, 7) is 2.01. The Bertz CT molecular complexity index is 704. The molecule has 1 aliphatic rings. The second-order valence-corrected chi connectivity index (χ2v) is 10.4. The summed E-state index contributed by atoms with van der Waals surface area (Å²) in [5, 5.41) is 1.02. The highest BCUT2D eigenvalue weighted by Crippen LogP contribution is 2.35. The van der Waals surface area contributed by atoms with Crippen molar-refractivity contribution < 1.29 is 4.11 Å². The van der Waals surface area contributed by atoms with Crippen molar-refractivity contribution in [3.05, 3.63) is 48.2 Å². The van der Waals surface area contributed by atoms with Gasteiger partial charge in [-0.2, -0.15) is 0 Å². The highest BCUT2D eigenvalue weighted by atomic mass is 28.3. The molecule has 0 spiro atoms. The second-order valence-electron chi connectivity index (χ2n) is 6.63. The maximum atomic E-state index is 8.02. The quantitative estimate of drug-likeness (QED) is 0.730. The Kier molecular flexibility index (Phi) is 3.07. The van der Waals surface area contributed by atoms with E-state index in [0.29, 0.717) is 5.92 Å². The molecule has 0 bridgehead atoms. The highest BCUT2D eigenvalue weighted by Gasteiger charge is 2.27. The van der Waals surface area contributed by atoms with Gasteiger partial charge in [-0.15, -0.1) is 0 Å². The van der Waals surface area contributed by atoms with Gasteiger partial charge in [0.2, 0.25) is 0 Å². The zero-order valence-electron chi connectivity index (χ0n) is 15.9. The molecule has 0 N–H and O–H groups in total. The van der Waals surface area contributed by atoms with Crippen LogP contribution in [-0.4, -0.2) is 13.1 Å². The molecule has 0 radical (unpaired) electrons. The fraction of sp³-hybridized carbons (Fsp3) is 0.421. The van der Waals surface area contributed by atoms with E-state index in [2.05, 4.69) is 23.2 Å². The van der Waals surface area contributed by atoms with E-state index in [0.717, 1.165) is 29.3 Å². The Morgan fingerprint density at radius 1 is 1.14 bits per heavy atom. The number of pyridine rings is 1. The third-order valence-electron chi connectivity index (χ3n) is 4.47. The number of hydrogen-bond acceptors (Lipinski definition) is 1. The van der Waals surface area contributed by atoms with Crippen LogP contribution in [0.15, 0.2) is 42.6 Å². The molecule has 1 fully saturated rings. The van der Waals surface area contributed by atoms with Crippen LogP contribution in [0.2, 0.25) is 19.6 Å². The smallest absolute Gasteiger partial charge is 0.0799 e. The fourth-order valence-electron chi connectivity index (χ4n) is 3.33. The third kappa shape index (κ3) is 3.10. The van der Waals surface area contributed by atoms with Gasteiger partial charge in [-0.3, -0.25) is 4.98 Å². The maximum absolute atomic E-state index is 8.02. The molecular formula is C19H25NSi. The van der Waals surface area contributed by atoms with Crippen LogP contribution in [-0.2, 0) is 0 Å². The Labute approximate surface area is 133 Å². The average Bonchev–Trinajstić information content (AvgIpc) is 3.08. The molecule has 1 aromatic carbocycles. The minimum absolute atomic E-state index is 0.486. The Balaban J connectivity index is 2.12. The fourth-order valence-corrected chi connectivity index (χ4v) is 4.72. The summed E-state index contributed by atoms with van der Waals surface area (Å²) in [4.78, 5) is 4.65. The predicted molar refractivity (Wildman–Crippen MR) is 93.9 cm³/mol. The summed E-state index contributed by atoms with van der Waals surface area (Å²) in [7, 11) is -2.58. The molecule has 0 amide bonds. The van der Waals surface area contributed by atoms with Gasteiger partial charge in [0, 0.05) is 15.9 Å². The number of rotatable bonds is 3. The van der Waals surface area contributed by atoms with Crippen LogP contribution in [0.4, 0.5) is 0 Å². The van der Waals surface area contributed by atoms with Crippen molar-refractivity contribution in [1.82, 2.24) is 4.98 Å². The molecule has 0 aliphatic heterocycles. The monoisotopic (exact) mass is 298 g/mol. The first-order chi connectivity index (χ1) is 11.3. The summed E-state index contributed by atoms with van der Waals surface area (Å²) < 4.78 is 24.1. The van der Waals surface area contributed by atoms with Crippen LogP contribution in [0.5, 0.6) is 0 Å². The summed E-state index contributed by atoms with van der Waals surface area (Å²) >= 11 is 0. The number of hydrogen-bond donors (Lipinski definition) is 0. The largest absolute Gasteiger partial charge is 0.256 e. The molecule has 1 saturated carbocycles. The molecule has 21 heavy (non-hydrogen) atoms. The Morgan fingerprint density at radius 3 is 2.52 bits per heavy atom. The number of benzene rings is 1. The highest BCUT2D eigenvalue weighted by molar-refractivity contribution is 6.89. The van der Waals surface area contributed by atoms with E-state index in [1.165, 1.54) is 18.4 Å². The van der Waals surface area contributed by atoms with Gasteiger partial charge in [0.05, 0.1) is 13.8 Å². The lowest BCUT2D eigenvalue weighted by atomic mass is 9.96. The minimum atomic E-state index is -2.58. The molecule has 110 valence electrons. The molecule has 1 nitrogen and oxygen atoms in total. The van der Waals surface area contributed by atoms with Crippen LogP contribution < -0.4 is 5.19 Å². The maximum Gasteiger partial charge on any atom is 0.0799 e. The summed E-state index contributed by atoms with van der Waals surface area (Å²) in [6, 6.07) is 12.3. The van der Waals surface area contributed by atoms with Crippen molar-refractivity contribution in [2.24, 2.45) is 0 Å². The molecule has 0 atom stereocenters. The van der Waals surface area contributed by atoms with Gasteiger partial charge in [-0.05, 0) is 35.6 Å². The van der Waals surface area contributed by atoms with E-state index in [1.807, 2.05) is 37.5 Å². The molecule has 2 aromatic rings. The molecule has 1 aromatic heterocycles. The van der Waals surface area contributed by atoms with Gasteiger partial charge in [0.1, 0.15) is 0 Å². The van der Waals surface area contributed by atoms with Crippen molar-refractivity contribution in [3.8, 4) is 11.3 Å². The van der Waals surface area contributed by atoms with Crippen molar-refractivity contribution in [3.63, 3.8) is 0 Å². The lowest BCUT2D eigenvalue weighted by Gasteiger charge is -2.24. The molecule has 2 heteroatoms. The van der Waals surface area contributed by atoms with E-state index < -0.39 is 14.5 Å². The first kappa shape index (κ1) is 11.2. The standard InChI is InChI=1S/C19H25NSi/c1-21(2,3)19-14-20-18(16-11-5-4-6-12-16)13-17(19)15-9-7-8-10-15/h4-6,11-15H,7-10H2,1-3H3/i1D3. The third-order valence-corrected chi connectivity index (χ3v) is 6.24. The van der Waals surface area contributed by atoms with Gasteiger partial charge in [0.25, 0.3) is 0 Å². The predicted octanol–water partition coefficient (Wildman–Crippen LogP) is 4.95. The molecule has 1 aliphatic carbocycles. The summed E-state index contributed by atoms with van der Waals surface area (Å²) in [5.41, 5.74) is 3.29. The van der Waals surface area contributed by atoms with E-state index in [4.69, 9.17) is 4.11 Å². The van der Waals surface area contributed by atoms with Gasteiger partial charge in [-0.25, -0.2) is 0 Å². The molecule has 0 saturated heterocycles. The van der Waals surface area contributed by atoms with Crippen LogP contribution >= 0.6 is 0 Å². The van der Waals surface area contributed by atoms with E-state index in [9.17, 15) is 0 Å². The zero-order chi connectivity index (χ0) is 17.4. The summed E-state index contributed by atoms with van der Waals surface area (Å²) in [6.07, 6.45) is 6.67. The number of nitrogens with zero attached hydrogens (tertiary/aromatic N) is 1. The minimum Gasteiger partial charge on any atom is -0.256 e. The lowest BCUT2D eigenvalue weighted by molar-refractivity contribution is 0.726. The topological polar surface area (TPSA) is 12.9 Å². The van der Waals surface area contributed by atoms with Crippen molar-refractivity contribution in [2.45, 2.75) is 51.2 Å². The summed E-state index contributed by atoms with van der Waals surface area (Å²) in [5.74, 6) is 0.486. The molecular weight excluding hydrogens is 270 g/mol. The van der Waals surface area contributed by atoms with Crippen LogP contribution in [0.1, 0.15) is 41.3 Å². The Morgan fingerprint density at radius 2 is 1.86 bits per heavy atom. The lowest BCUT2D eigenvalue weighted by Crippen LogP contribution is -2.41. The van der Waals surface area contributed by atoms with Gasteiger partial charge in [-0.1, -0.05) is 62.7 Å². The van der Waals surface area contributed by atoms with Crippen molar-refractivity contribution in [1.29, 1.82) is 0 Å². The Hall–Kier alpha value is -1.41. The average molecular weight is 299 g/mol. The normalized spacial score (nSPS) is 19.0. The van der Waals surface area contributed by atoms with E-state index in [1.54, 1.807) is 0 Å². The van der Waals surface area contributed by atoms with Crippen molar-refractivity contribution in [2.75, 3.05) is 0 Å². The van der Waals surface area contributed by atoms with Crippen molar-refractivity contribution >= 4 is 13.3 Å². The van der Waals surface area contributed by atoms with Crippen LogP contribution in [0, 0.1) is 0 Å². The van der Waals surface area contributed by atoms with E-state index >= 15 is 0 Å². The molecule has 1 heterocycles.